The van der Waals surface area contributed by atoms with Crippen molar-refractivity contribution in [1.82, 2.24) is 14.8 Å². The highest BCUT2D eigenvalue weighted by molar-refractivity contribution is 6.13. The highest BCUT2D eigenvalue weighted by atomic mass is 16.2. The number of carbonyl (C=O) groups excluding carboxylic acids is 2. The molecule has 0 aliphatic carbocycles. The molecule has 2 heterocycles. The minimum atomic E-state index is -0.398. The fourth-order valence-corrected chi connectivity index (χ4v) is 3.07. The number of imide groups is 1. The summed E-state index contributed by atoms with van der Waals surface area (Å²) < 4.78 is 1.97. The van der Waals surface area contributed by atoms with Gasteiger partial charge in [-0.2, -0.15) is 0 Å². The molecule has 5 nitrogen and oxygen atoms in total. The highest BCUT2D eigenvalue weighted by Gasteiger charge is 2.33. The molecule has 0 radical (unpaired) electrons. The van der Waals surface area contributed by atoms with Crippen LogP contribution in [0.15, 0.2) is 78.6 Å². The molecule has 1 N–H and O–H groups in total. The van der Waals surface area contributed by atoms with Crippen LogP contribution in [0.5, 0.6) is 0 Å². The van der Waals surface area contributed by atoms with Crippen LogP contribution >= 0.6 is 0 Å². The maximum atomic E-state index is 12.7. The fourth-order valence-electron chi connectivity index (χ4n) is 3.07. The minimum absolute atomic E-state index is 0.252. The van der Waals surface area contributed by atoms with Gasteiger partial charge in [0, 0.05) is 17.6 Å². The number of rotatable bonds is 4. The van der Waals surface area contributed by atoms with Gasteiger partial charge in [-0.25, -0.2) is 4.79 Å². The van der Waals surface area contributed by atoms with Crippen molar-refractivity contribution in [1.29, 1.82) is 0 Å². The van der Waals surface area contributed by atoms with Crippen molar-refractivity contribution in [2.45, 2.75) is 13.5 Å². The first-order valence-electron chi connectivity index (χ1n) is 8.75. The van der Waals surface area contributed by atoms with E-state index < -0.39 is 6.03 Å². The van der Waals surface area contributed by atoms with Crippen molar-refractivity contribution in [2.75, 3.05) is 0 Å². The molecule has 0 saturated carbocycles. The number of hydrogen-bond donors (Lipinski definition) is 1. The lowest BCUT2D eigenvalue weighted by molar-refractivity contribution is -0.123. The number of nitrogens with zero attached hydrogens (tertiary/aromatic N) is 2. The van der Waals surface area contributed by atoms with E-state index in [1.165, 1.54) is 4.90 Å². The Balaban J connectivity index is 1.59. The molecular weight excluding hydrogens is 338 g/mol. The molecule has 134 valence electrons. The molecule has 1 aliphatic rings. The quantitative estimate of drug-likeness (QED) is 0.569. The van der Waals surface area contributed by atoms with E-state index in [4.69, 9.17) is 0 Å². The van der Waals surface area contributed by atoms with Crippen LogP contribution in [0.2, 0.25) is 0 Å². The summed E-state index contributed by atoms with van der Waals surface area (Å²) in [4.78, 5) is 26.3. The van der Waals surface area contributed by atoms with Crippen molar-refractivity contribution < 1.29 is 9.59 Å². The topological polar surface area (TPSA) is 54.3 Å². The minimum Gasteiger partial charge on any atom is -0.317 e. The molecule has 1 fully saturated rings. The summed E-state index contributed by atoms with van der Waals surface area (Å²) in [6.07, 6.45) is 3.63. The van der Waals surface area contributed by atoms with Crippen LogP contribution in [0, 0.1) is 6.92 Å². The molecule has 1 saturated heterocycles. The number of aromatic nitrogens is 1. The van der Waals surface area contributed by atoms with E-state index in [-0.39, 0.29) is 18.1 Å². The Labute approximate surface area is 157 Å². The number of carbonyl (C=O) groups is 2. The second-order valence-corrected chi connectivity index (χ2v) is 6.50. The number of para-hydroxylation sites is 1. The number of urea groups is 1. The zero-order valence-electron chi connectivity index (χ0n) is 14.9. The van der Waals surface area contributed by atoms with Gasteiger partial charge in [0.05, 0.1) is 6.54 Å². The van der Waals surface area contributed by atoms with Crippen molar-refractivity contribution in [3.63, 3.8) is 0 Å². The SMILES string of the molecule is Cc1ccc(CN2C(=O)N/C(=C/c3cccn3-c3ccccc3)C2=O)cc1. The van der Waals surface area contributed by atoms with Gasteiger partial charge >= 0.3 is 6.03 Å². The van der Waals surface area contributed by atoms with E-state index in [1.54, 1.807) is 6.08 Å². The van der Waals surface area contributed by atoms with Gasteiger partial charge < -0.3 is 9.88 Å². The molecule has 1 aromatic heterocycles. The molecular formula is C22H19N3O2. The Morgan fingerprint density at radius 3 is 2.41 bits per heavy atom. The van der Waals surface area contributed by atoms with Gasteiger partial charge in [0.1, 0.15) is 5.70 Å². The number of hydrogen-bond acceptors (Lipinski definition) is 2. The third-order valence-electron chi connectivity index (χ3n) is 4.53. The summed E-state index contributed by atoms with van der Waals surface area (Å²) >= 11 is 0. The van der Waals surface area contributed by atoms with Gasteiger partial charge in [-0.15, -0.1) is 0 Å². The molecule has 0 bridgehead atoms. The Hall–Kier alpha value is -3.60. The maximum absolute atomic E-state index is 12.7. The van der Waals surface area contributed by atoms with Crippen LogP contribution in [0.4, 0.5) is 4.79 Å². The molecule has 27 heavy (non-hydrogen) atoms. The van der Waals surface area contributed by atoms with E-state index in [0.717, 1.165) is 22.5 Å². The van der Waals surface area contributed by atoms with E-state index in [0.29, 0.717) is 0 Å². The zero-order valence-corrected chi connectivity index (χ0v) is 14.9. The van der Waals surface area contributed by atoms with Crippen molar-refractivity contribution in [3.8, 4) is 5.69 Å². The predicted molar refractivity (Wildman–Crippen MR) is 104 cm³/mol. The molecule has 3 amide bonds. The number of benzene rings is 2. The van der Waals surface area contributed by atoms with E-state index in [2.05, 4.69) is 5.32 Å². The third kappa shape index (κ3) is 3.40. The van der Waals surface area contributed by atoms with Crippen LogP contribution in [-0.4, -0.2) is 21.4 Å². The molecule has 1 aliphatic heterocycles. The van der Waals surface area contributed by atoms with Gasteiger partial charge in [-0.05, 0) is 42.8 Å². The van der Waals surface area contributed by atoms with Gasteiger partial charge in [0.2, 0.25) is 0 Å². The van der Waals surface area contributed by atoms with Crippen LogP contribution < -0.4 is 5.32 Å². The molecule has 3 aromatic rings. The first-order chi connectivity index (χ1) is 13.1. The molecule has 0 unspecified atom stereocenters. The van der Waals surface area contributed by atoms with Crippen molar-refractivity contribution in [3.05, 3.63) is 95.4 Å². The number of aryl methyl sites for hydroxylation is 1. The Morgan fingerprint density at radius 1 is 0.926 bits per heavy atom. The average molecular weight is 357 g/mol. The largest absolute Gasteiger partial charge is 0.329 e. The summed E-state index contributed by atoms with van der Waals surface area (Å²) in [5, 5.41) is 2.69. The second-order valence-electron chi connectivity index (χ2n) is 6.50. The molecule has 0 atom stereocenters. The molecule has 0 spiro atoms. The van der Waals surface area contributed by atoms with Crippen LogP contribution in [0.1, 0.15) is 16.8 Å². The smallest absolute Gasteiger partial charge is 0.317 e. The summed E-state index contributed by atoms with van der Waals surface area (Å²) in [7, 11) is 0. The van der Waals surface area contributed by atoms with Crippen molar-refractivity contribution in [2.24, 2.45) is 0 Å². The van der Waals surface area contributed by atoms with Crippen LogP contribution in [0.25, 0.3) is 11.8 Å². The van der Waals surface area contributed by atoms with E-state index >= 15 is 0 Å². The van der Waals surface area contributed by atoms with E-state index in [9.17, 15) is 9.59 Å². The van der Waals surface area contributed by atoms with E-state index in [1.807, 2.05) is 84.4 Å². The summed E-state index contributed by atoms with van der Waals surface area (Å²) in [5.74, 6) is -0.318. The monoisotopic (exact) mass is 357 g/mol. The third-order valence-corrected chi connectivity index (χ3v) is 4.53. The predicted octanol–water partition coefficient (Wildman–Crippen LogP) is 3.88. The summed E-state index contributed by atoms with van der Waals surface area (Å²) in [6.45, 7) is 2.25. The standard InChI is InChI=1S/C22H19N3O2/c1-16-9-11-17(12-10-16)15-25-21(26)20(23-22(25)27)14-19-8-5-13-24(19)18-6-3-2-4-7-18/h2-14H,15H2,1H3,(H,23,27)/b20-14+. The second kappa shape index (κ2) is 6.96. The van der Waals surface area contributed by atoms with Gasteiger partial charge in [-0.1, -0.05) is 48.0 Å². The number of nitrogens with one attached hydrogen (secondary N) is 1. The lowest BCUT2D eigenvalue weighted by atomic mass is 10.1. The Kier molecular flexibility index (Phi) is 4.34. The summed E-state index contributed by atoms with van der Waals surface area (Å²) in [6, 6.07) is 21.1. The number of amides is 3. The highest BCUT2D eigenvalue weighted by Crippen LogP contribution is 2.19. The van der Waals surface area contributed by atoms with Crippen molar-refractivity contribution >= 4 is 18.0 Å². The zero-order chi connectivity index (χ0) is 18.8. The maximum Gasteiger partial charge on any atom is 0.329 e. The first kappa shape index (κ1) is 16.8. The fraction of sp³-hybridized carbons (Fsp3) is 0.0909. The molecule has 4 rings (SSSR count). The first-order valence-corrected chi connectivity index (χ1v) is 8.75. The van der Waals surface area contributed by atoms with Crippen LogP contribution in [-0.2, 0) is 11.3 Å². The van der Waals surface area contributed by atoms with Gasteiger partial charge in [-0.3, -0.25) is 9.69 Å². The summed E-state index contributed by atoms with van der Waals surface area (Å²) in [5.41, 5.74) is 4.14. The average Bonchev–Trinajstić information content (AvgIpc) is 3.24. The van der Waals surface area contributed by atoms with Gasteiger partial charge in [0.25, 0.3) is 5.91 Å². The van der Waals surface area contributed by atoms with Gasteiger partial charge in [0.15, 0.2) is 0 Å². The molecule has 2 aromatic carbocycles. The Morgan fingerprint density at radius 2 is 1.67 bits per heavy atom. The van der Waals surface area contributed by atoms with Crippen LogP contribution in [0.3, 0.4) is 0 Å². The molecule has 5 heteroatoms. The lowest BCUT2D eigenvalue weighted by Crippen LogP contribution is -2.30. The Bertz CT molecular complexity index is 1020. The normalized spacial score (nSPS) is 15.4. The lowest BCUT2D eigenvalue weighted by Gasteiger charge is -2.12.